The van der Waals surface area contributed by atoms with E-state index in [9.17, 15) is 4.79 Å². The van der Waals surface area contributed by atoms with Gasteiger partial charge in [0.1, 0.15) is 10.8 Å². The van der Waals surface area contributed by atoms with Gasteiger partial charge >= 0.3 is 0 Å². The van der Waals surface area contributed by atoms with Gasteiger partial charge in [0.25, 0.3) is 5.91 Å². The number of pyridine rings is 2. The highest BCUT2D eigenvalue weighted by atomic mass is 35.5. The van der Waals surface area contributed by atoms with Crippen LogP contribution in [0.4, 0.5) is 0 Å². The predicted molar refractivity (Wildman–Crippen MR) is 66.3 cm³/mol. The number of nitrogens with two attached hydrogens (primary N) is 2. The first kappa shape index (κ1) is 11.3. The number of primary amides is 1. The van der Waals surface area contributed by atoms with Crippen LogP contribution in [0.15, 0.2) is 24.5 Å². The summed E-state index contributed by atoms with van der Waals surface area (Å²) < 4.78 is 0. The van der Waals surface area contributed by atoms with Crippen molar-refractivity contribution < 1.29 is 4.79 Å². The Bertz CT molecular complexity index is 624. The zero-order valence-electron chi connectivity index (χ0n) is 8.72. The van der Waals surface area contributed by atoms with Gasteiger partial charge in [-0.3, -0.25) is 4.79 Å². The maximum Gasteiger partial charge on any atom is 0.267 e. The Labute approximate surface area is 102 Å². The molecular weight excluding hydrogens is 240 g/mol. The van der Waals surface area contributed by atoms with Gasteiger partial charge in [0.05, 0.1) is 5.69 Å². The molecule has 6 heteroatoms. The van der Waals surface area contributed by atoms with E-state index in [1.54, 1.807) is 24.4 Å². The Kier molecular flexibility index (Phi) is 2.93. The molecule has 0 aliphatic rings. The minimum absolute atomic E-state index is 0.160. The maximum absolute atomic E-state index is 11.1. The van der Waals surface area contributed by atoms with Crippen LogP contribution in [-0.4, -0.2) is 15.9 Å². The van der Waals surface area contributed by atoms with Crippen molar-refractivity contribution in [1.82, 2.24) is 9.97 Å². The van der Waals surface area contributed by atoms with E-state index in [1.165, 1.54) is 6.20 Å². The molecule has 86 valence electrons. The summed E-state index contributed by atoms with van der Waals surface area (Å²) in [6, 6.07) is 3.29. The lowest BCUT2D eigenvalue weighted by atomic mass is 10.1. The summed E-state index contributed by atoms with van der Waals surface area (Å²) in [4.78, 5) is 19.2. The molecule has 0 bridgehead atoms. The van der Waals surface area contributed by atoms with Gasteiger partial charge in [-0.2, -0.15) is 0 Å². The van der Waals surface area contributed by atoms with E-state index in [0.717, 1.165) is 5.39 Å². The second-order valence-corrected chi connectivity index (χ2v) is 3.67. The number of carbonyl (C=O) groups excluding carboxylic acids is 1. The van der Waals surface area contributed by atoms with E-state index in [-0.39, 0.29) is 5.69 Å². The molecule has 2 aromatic rings. The minimum Gasteiger partial charge on any atom is -0.405 e. The van der Waals surface area contributed by atoms with Gasteiger partial charge in [0, 0.05) is 11.6 Å². The van der Waals surface area contributed by atoms with E-state index in [2.05, 4.69) is 9.97 Å². The Balaban J connectivity index is 2.86. The monoisotopic (exact) mass is 248 g/mol. The number of aromatic nitrogens is 2. The molecule has 1 amide bonds. The molecular formula is C11H9ClN4O. The van der Waals surface area contributed by atoms with Crippen LogP contribution < -0.4 is 11.5 Å². The van der Waals surface area contributed by atoms with Crippen LogP contribution in [0.3, 0.4) is 0 Å². The summed E-state index contributed by atoms with van der Waals surface area (Å²) in [5.41, 5.74) is 11.2. The van der Waals surface area contributed by atoms with Crippen molar-refractivity contribution >= 4 is 34.4 Å². The number of amides is 1. The van der Waals surface area contributed by atoms with Crippen molar-refractivity contribution in [2.45, 2.75) is 0 Å². The van der Waals surface area contributed by atoms with Crippen molar-refractivity contribution in [1.29, 1.82) is 0 Å². The zero-order valence-corrected chi connectivity index (χ0v) is 9.48. The molecule has 0 saturated carbocycles. The molecule has 0 aromatic carbocycles. The number of nitrogens with zero attached hydrogens (tertiary/aromatic N) is 2. The lowest BCUT2D eigenvalue weighted by Crippen LogP contribution is -2.13. The third-order valence-electron chi connectivity index (χ3n) is 2.23. The molecule has 2 aromatic heterocycles. The minimum atomic E-state index is -0.605. The van der Waals surface area contributed by atoms with Gasteiger partial charge in [-0.05, 0) is 29.8 Å². The van der Waals surface area contributed by atoms with Crippen molar-refractivity contribution in [3.63, 3.8) is 0 Å². The van der Waals surface area contributed by atoms with Crippen LogP contribution in [-0.2, 0) is 0 Å². The number of hydrogen-bond donors (Lipinski definition) is 2. The lowest BCUT2D eigenvalue weighted by molar-refractivity contribution is 0.0995. The van der Waals surface area contributed by atoms with Gasteiger partial charge in [0.2, 0.25) is 0 Å². The Morgan fingerprint density at radius 3 is 2.88 bits per heavy atom. The summed E-state index contributed by atoms with van der Waals surface area (Å²) >= 11 is 5.99. The average molecular weight is 249 g/mol. The molecule has 5 nitrogen and oxygen atoms in total. The van der Waals surface area contributed by atoms with Gasteiger partial charge in [-0.1, -0.05) is 11.6 Å². The third kappa shape index (κ3) is 2.05. The number of rotatable bonds is 2. The van der Waals surface area contributed by atoms with Gasteiger partial charge in [-0.15, -0.1) is 0 Å². The van der Waals surface area contributed by atoms with Crippen molar-refractivity contribution in [3.05, 3.63) is 41.1 Å². The molecule has 0 saturated heterocycles. The second kappa shape index (κ2) is 4.39. The fraction of sp³-hybridized carbons (Fsp3) is 0. The fourth-order valence-electron chi connectivity index (χ4n) is 1.53. The molecule has 0 atom stereocenters. The molecule has 0 unspecified atom stereocenters. The molecule has 0 spiro atoms. The first-order valence-electron chi connectivity index (χ1n) is 4.77. The number of halogens is 1. The summed E-state index contributed by atoms with van der Waals surface area (Å²) in [6.07, 6.45) is 4.41. The number of fused-ring (bicyclic) bond motifs is 1. The zero-order chi connectivity index (χ0) is 12.4. The van der Waals surface area contributed by atoms with Crippen LogP contribution in [0.2, 0.25) is 5.15 Å². The second-order valence-electron chi connectivity index (χ2n) is 3.32. The molecule has 4 N–H and O–H groups in total. The SMILES string of the molecule is NC=Cc1nc(C(N)=O)cc2ccnc(Cl)c12. The van der Waals surface area contributed by atoms with E-state index in [0.29, 0.717) is 16.2 Å². The first-order chi connectivity index (χ1) is 8.13. The van der Waals surface area contributed by atoms with E-state index in [1.807, 2.05) is 0 Å². The summed E-state index contributed by atoms with van der Waals surface area (Å²) in [5.74, 6) is -0.605. The highest BCUT2D eigenvalue weighted by molar-refractivity contribution is 6.34. The topological polar surface area (TPSA) is 94.9 Å². The Hall–Kier alpha value is -2.14. The smallest absolute Gasteiger partial charge is 0.267 e. The highest BCUT2D eigenvalue weighted by Crippen LogP contribution is 2.25. The fourth-order valence-corrected chi connectivity index (χ4v) is 1.79. The van der Waals surface area contributed by atoms with Gasteiger partial charge in [-0.25, -0.2) is 9.97 Å². The molecule has 0 fully saturated rings. The maximum atomic E-state index is 11.1. The first-order valence-corrected chi connectivity index (χ1v) is 5.14. The lowest BCUT2D eigenvalue weighted by Gasteiger charge is -2.05. The molecule has 0 radical (unpaired) electrons. The molecule has 0 aliphatic heterocycles. The Morgan fingerprint density at radius 1 is 1.47 bits per heavy atom. The number of carbonyl (C=O) groups is 1. The summed E-state index contributed by atoms with van der Waals surface area (Å²) in [7, 11) is 0. The van der Waals surface area contributed by atoms with E-state index < -0.39 is 5.91 Å². The molecule has 2 heterocycles. The molecule has 2 rings (SSSR count). The van der Waals surface area contributed by atoms with Gasteiger partial charge < -0.3 is 11.5 Å². The van der Waals surface area contributed by atoms with Crippen LogP contribution in [0.25, 0.3) is 16.8 Å². The van der Waals surface area contributed by atoms with Crippen molar-refractivity contribution in [2.24, 2.45) is 11.5 Å². The number of hydrogen-bond acceptors (Lipinski definition) is 4. The van der Waals surface area contributed by atoms with Crippen LogP contribution >= 0.6 is 11.6 Å². The Morgan fingerprint density at radius 2 is 2.24 bits per heavy atom. The highest BCUT2D eigenvalue weighted by Gasteiger charge is 2.10. The van der Waals surface area contributed by atoms with E-state index >= 15 is 0 Å². The molecule has 0 aliphatic carbocycles. The van der Waals surface area contributed by atoms with Crippen LogP contribution in [0.1, 0.15) is 16.2 Å². The predicted octanol–water partition coefficient (Wildman–Crippen LogP) is 1.31. The summed E-state index contributed by atoms with van der Waals surface area (Å²) in [5, 5.41) is 1.68. The average Bonchev–Trinajstić information content (AvgIpc) is 2.29. The molecule has 17 heavy (non-hydrogen) atoms. The van der Waals surface area contributed by atoms with Crippen LogP contribution in [0.5, 0.6) is 0 Å². The van der Waals surface area contributed by atoms with Crippen LogP contribution in [0, 0.1) is 0 Å². The van der Waals surface area contributed by atoms with Gasteiger partial charge in [0.15, 0.2) is 0 Å². The third-order valence-corrected chi connectivity index (χ3v) is 2.52. The largest absolute Gasteiger partial charge is 0.405 e. The normalized spacial score (nSPS) is 11.1. The summed E-state index contributed by atoms with van der Waals surface area (Å²) in [6.45, 7) is 0. The van der Waals surface area contributed by atoms with E-state index in [4.69, 9.17) is 23.1 Å². The quantitative estimate of drug-likeness (QED) is 0.784. The van der Waals surface area contributed by atoms with Crippen molar-refractivity contribution in [2.75, 3.05) is 0 Å². The van der Waals surface area contributed by atoms with Crippen molar-refractivity contribution in [3.8, 4) is 0 Å². The standard InChI is InChI=1S/C11H9ClN4O/c12-10-9-6(2-4-15-10)5-8(11(14)17)16-7(9)1-3-13/h1-5H,13H2,(H2,14,17).